The molecule has 0 aliphatic rings. The van der Waals surface area contributed by atoms with Crippen LogP contribution in [0.4, 0.5) is 0 Å². The Hall–Kier alpha value is -2.71. The first-order valence-corrected chi connectivity index (χ1v) is 7.58. The van der Waals surface area contributed by atoms with Gasteiger partial charge in [-0.25, -0.2) is 0 Å². The molecule has 5 heteroatoms. The Kier molecular flexibility index (Phi) is 7.61. The molecule has 0 saturated heterocycles. The Morgan fingerprint density at radius 1 is 0.360 bits per heavy atom. The number of rotatable bonds is 2. The fourth-order valence-corrected chi connectivity index (χ4v) is 2.06. The van der Waals surface area contributed by atoms with E-state index in [1.807, 2.05) is 72.8 Å². The quantitative estimate of drug-likeness (QED) is 0.465. The summed E-state index contributed by atoms with van der Waals surface area (Å²) in [5, 5.41) is 0. The zero-order valence-electron chi connectivity index (χ0n) is 13.4. The third-order valence-corrected chi connectivity index (χ3v) is 3.18. The summed E-state index contributed by atoms with van der Waals surface area (Å²) in [7, 11) is 0. The van der Waals surface area contributed by atoms with E-state index in [2.05, 4.69) is 19.9 Å². The van der Waals surface area contributed by atoms with E-state index in [1.165, 1.54) is 0 Å². The fraction of sp³-hybridized carbons (Fsp3) is 0. The van der Waals surface area contributed by atoms with Gasteiger partial charge in [-0.05, 0) is 48.5 Å². The van der Waals surface area contributed by atoms with Crippen LogP contribution >= 0.6 is 0 Å². The standard InChI is InChI=1S/2C10H8N2.Mo/c2*1-3-7-11-9(5-1)10-6-2-4-8-12-10;/h2*1-8H;/q;;+3. The molecular formula is C20H16MoN4+3. The van der Waals surface area contributed by atoms with Crippen LogP contribution in [0.1, 0.15) is 0 Å². The number of hydrogen-bond donors (Lipinski definition) is 0. The monoisotopic (exact) mass is 410 g/mol. The van der Waals surface area contributed by atoms with Crippen molar-refractivity contribution in [1.29, 1.82) is 0 Å². The van der Waals surface area contributed by atoms with Crippen LogP contribution in [0.15, 0.2) is 97.6 Å². The van der Waals surface area contributed by atoms with Gasteiger partial charge < -0.3 is 0 Å². The van der Waals surface area contributed by atoms with Gasteiger partial charge in [-0.1, -0.05) is 24.3 Å². The van der Waals surface area contributed by atoms with Gasteiger partial charge >= 0.3 is 21.1 Å². The minimum Gasteiger partial charge on any atom is -0.255 e. The minimum absolute atomic E-state index is 0. The summed E-state index contributed by atoms with van der Waals surface area (Å²) < 4.78 is 0. The molecular weight excluding hydrogens is 392 g/mol. The van der Waals surface area contributed by atoms with E-state index in [1.54, 1.807) is 24.8 Å². The van der Waals surface area contributed by atoms with Crippen LogP contribution in [0.5, 0.6) is 0 Å². The van der Waals surface area contributed by atoms with Gasteiger partial charge in [0.05, 0.1) is 22.8 Å². The molecule has 0 aliphatic heterocycles. The fourth-order valence-electron chi connectivity index (χ4n) is 2.06. The Balaban J connectivity index is 0.000000173. The van der Waals surface area contributed by atoms with Gasteiger partial charge in [-0.3, -0.25) is 19.9 Å². The molecule has 1 radical (unpaired) electrons. The van der Waals surface area contributed by atoms with E-state index in [0.717, 1.165) is 22.8 Å². The molecule has 0 N–H and O–H groups in total. The van der Waals surface area contributed by atoms with Crippen molar-refractivity contribution in [3.63, 3.8) is 0 Å². The second-order valence-electron chi connectivity index (χ2n) is 4.86. The van der Waals surface area contributed by atoms with Crippen LogP contribution < -0.4 is 0 Å². The van der Waals surface area contributed by atoms with Gasteiger partial charge in [0, 0.05) is 24.8 Å². The molecule has 0 bridgehead atoms. The Morgan fingerprint density at radius 2 is 0.600 bits per heavy atom. The Bertz CT molecular complexity index is 692. The summed E-state index contributed by atoms with van der Waals surface area (Å²) in [6, 6.07) is 23.2. The smallest absolute Gasteiger partial charge is 0.255 e. The minimum atomic E-state index is 0. The summed E-state index contributed by atoms with van der Waals surface area (Å²) >= 11 is 0. The molecule has 0 aliphatic carbocycles. The van der Waals surface area contributed by atoms with Crippen molar-refractivity contribution in [1.82, 2.24) is 19.9 Å². The van der Waals surface area contributed by atoms with Crippen molar-refractivity contribution in [3.8, 4) is 22.8 Å². The molecule has 4 heterocycles. The largest absolute Gasteiger partial charge is 3.00 e. The van der Waals surface area contributed by atoms with Crippen LogP contribution in [0.25, 0.3) is 22.8 Å². The predicted octanol–water partition coefficient (Wildman–Crippen LogP) is 4.28. The van der Waals surface area contributed by atoms with E-state index in [0.29, 0.717) is 0 Å². The van der Waals surface area contributed by atoms with E-state index in [4.69, 9.17) is 0 Å². The number of pyridine rings is 4. The third kappa shape index (κ3) is 5.70. The Morgan fingerprint density at radius 3 is 0.760 bits per heavy atom. The molecule has 25 heavy (non-hydrogen) atoms. The zero-order chi connectivity index (χ0) is 16.5. The summed E-state index contributed by atoms with van der Waals surface area (Å²) in [4.78, 5) is 16.7. The molecule has 0 aromatic carbocycles. The summed E-state index contributed by atoms with van der Waals surface area (Å²) in [5.74, 6) is 0. The second kappa shape index (κ2) is 10.2. The molecule has 4 nitrogen and oxygen atoms in total. The molecule has 0 saturated carbocycles. The van der Waals surface area contributed by atoms with Crippen LogP contribution in [0, 0.1) is 0 Å². The van der Waals surface area contributed by atoms with Gasteiger partial charge in [-0.2, -0.15) is 0 Å². The van der Waals surface area contributed by atoms with E-state index >= 15 is 0 Å². The van der Waals surface area contributed by atoms with Crippen molar-refractivity contribution in [2.75, 3.05) is 0 Å². The summed E-state index contributed by atoms with van der Waals surface area (Å²) in [6.07, 6.45) is 7.07. The third-order valence-electron chi connectivity index (χ3n) is 3.18. The second-order valence-corrected chi connectivity index (χ2v) is 4.86. The summed E-state index contributed by atoms with van der Waals surface area (Å²) in [5.41, 5.74) is 3.66. The predicted molar refractivity (Wildman–Crippen MR) is 94.9 cm³/mol. The van der Waals surface area contributed by atoms with Gasteiger partial charge in [0.1, 0.15) is 0 Å². The molecule has 4 rings (SSSR count). The van der Waals surface area contributed by atoms with Crippen LogP contribution in [0.3, 0.4) is 0 Å². The number of hydrogen-bond acceptors (Lipinski definition) is 4. The molecule has 0 amide bonds. The maximum absolute atomic E-state index is 4.19. The van der Waals surface area contributed by atoms with Gasteiger partial charge in [-0.15, -0.1) is 0 Å². The van der Waals surface area contributed by atoms with Crippen molar-refractivity contribution < 1.29 is 21.1 Å². The SMILES string of the molecule is [Mo+3].c1ccc(-c2ccccn2)nc1.c1ccc(-c2ccccn2)nc1. The first-order chi connectivity index (χ1) is 11.9. The topological polar surface area (TPSA) is 51.6 Å². The Labute approximate surface area is 161 Å². The number of aromatic nitrogens is 4. The van der Waals surface area contributed by atoms with Crippen molar-refractivity contribution in [2.45, 2.75) is 0 Å². The summed E-state index contributed by atoms with van der Waals surface area (Å²) in [6.45, 7) is 0. The van der Waals surface area contributed by atoms with Gasteiger partial charge in [0.2, 0.25) is 0 Å². The normalized spacial score (nSPS) is 9.28. The zero-order valence-corrected chi connectivity index (χ0v) is 15.4. The average molecular weight is 408 g/mol. The van der Waals surface area contributed by atoms with Crippen LogP contribution in [-0.2, 0) is 21.1 Å². The van der Waals surface area contributed by atoms with Gasteiger partial charge in [0.15, 0.2) is 0 Å². The molecule has 0 fully saturated rings. The van der Waals surface area contributed by atoms with E-state index in [9.17, 15) is 0 Å². The van der Waals surface area contributed by atoms with Crippen LogP contribution in [-0.4, -0.2) is 19.9 Å². The molecule has 4 aromatic rings. The molecule has 0 unspecified atom stereocenters. The molecule has 119 valence electrons. The van der Waals surface area contributed by atoms with Gasteiger partial charge in [0.25, 0.3) is 0 Å². The maximum Gasteiger partial charge on any atom is 3.00 e. The molecule has 0 spiro atoms. The molecule has 4 aromatic heterocycles. The van der Waals surface area contributed by atoms with E-state index < -0.39 is 0 Å². The van der Waals surface area contributed by atoms with Crippen molar-refractivity contribution in [3.05, 3.63) is 97.6 Å². The maximum atomic E-state index is 4.19. The average Bonchev–Trinajstić information content (AvgIpc) is 2.71. The van der Waals surface area contributed by atoms with Crippen LogP contribution in [0.2, 0.25) is 0 Å². The van der Waals surface area contributed by atoms with Crippen molar-refractivity contribution >= 4 is 0 Å². The first kappa shape index (κ1) is 18.6. The number of nitrogens with zero attached hydrogens (tertiary/aromatic N) is 4. The van der Waals surface area contributed by atoms with Crippen molar-refractivity contribution in [2.24, 2.45) is 0 Å². The molecule has 0 atom stereocenters. The van der Waals surface area contributed by atoms with E-state index in [-0.39, 0.29) is 21.1 Å². The first-order valence-electron chi connectivity index (χ1n) is 7.58.